The van der Waals surface area contributed by atoms with Crippen molar-refractivity contribution >= 4 is 0 Å². The van der Waals surface area contributed by atoms with E-state index in [0.29, 0.717) is 0 Å². The lowest BCUT2D eigenvalue weighted by Gasteiger charge is -2.12. The summed E-state index contributed by atoms with van der Waals surface area (Å²) in [5.41, 5.74) is 0. The minimum Gasteiger partial charge on any atom is -0.310 e. The van der Waals surface area contributed by atoms with Gasteiger partial charge in [-0.2, -0.15) is 22.0 Å². The second-order valence-corrected chi connectivity index (χ2v) is 1.97. The van der Waals surface area contributed by atoms with Crippen LogP contribution in [0.15, 0.2) is 24.1 Å². The third kappa shape index (κ3) is 4.02. The summed E-state index contributed by atoms with van der Waals surface area (Å²) in [6.07, 6.45) is -5.13. The molecule has 0 aromatic rings. The smallest absolute Gasteiger partial charge is 0.310 e. The third-order valence-electron chi connectivity index (χ3n) is 1.02. The van der Waals surface area contributed by atoms with E-state index in [1.165, 1.54) is 13.0 Å². The van der Waals surface area contributed by atoms with E-state index in [0.717, 1.165) is 6.08 Å². The van der Waals surface area contributed by atoms with Gasteiger partial charge >= 0.3 is 12.2 Å². The number of alkyl halides is 2. The van der Waals surface area contributed by atoms with Gasteiger partial charge in [-0.05, 0) is 6.92 Å². The molecule has 6 heteroatoms. The van der Waals surface area contributed by atoms with Crippen LogP contribution in [0.3, 0.4) is 0 Å². The SMILES string of the molecule is CC=CCOC(F)(F)C(F)=C(F)F. The summed E-state index contributed by atoms with van der Waals surface area (Å²) in [5, 5.41) is 0. The van der Waals surface area contributed by atoms with Crippen molar-refractivity contribution in [3.63, 3.8) is 0 Å². The number of hydrogen-bond acceptors (Lipinski definition) is 1. The van der Waals surface area contributed by atoms with Crippen LogP contribution in [0.4, 0.5) is 22.0 Å². The zero-order valence-electron chi connectivity index (χ0n) is 6.66. The number of rotatable bonds is 4. The lowest BCUT2D eigenvalue weighted by atomic mass is 10.5. The van der Waals surface area contributed by atoms with Crippen LogP contribution >= 0.6 is 0 Å². The topological polar surface area (TPSA) is 9.23 Å². The molecule has 0 rings (SSSR count). The van der Waals surface area contributed by atoms with Crippen LogP contribution in [0.5, 0.6) is 0 Å². The fourth-order valence-corrected chi connectivity index (χ4v) is 0.422. The largest absolute Gasteiger partial charge is 0.415 e. The van der Waals surface area contributed by atoms with Crippen molar-refractivity contribution in [2.45, 2.75) is 13.0 Å². The Balaban J connectivity index is 4.31. The summed E-state index contributed by atoms with van der Waals surface area (Å²) in [4.78, 5) is 0. The first-order chi connectivity index (χ1) is 5.91. The molecule has 0 radical (unpaired) electrons. The molecular weight excluding hydrogens is 195 g/mol. The van der Waals surface area contributed by atoms with E-state index in [9.17, 15) is 22.0 Å². The molecule has 0 spiro atoms. The second-order valence-electron chi connectivity index (χ2n) is 1.97. The Morgan fingerprint density at radius 1 is 1.31 bits per heavy atom. The van der Waals surface area contributed by atoms with E-state index in [4.69, 9.17) is 0 Å². The lowest BCUT2D eigenvalue weighted by molar-refractivity contribution is -0.215. The fraction of sp³-hybridized carbons (Fsp3) is 0.429. The summed E-state index contributed by atoms with van der Waals surface area (Å²) < 4.78 is 62.7. The van der Waals surface area contributed by atoms with Gasteiger partial charge in [-0.25, -0.2) is 0 Å². The molecule has 1 nitrogen and oxygen atoms in total. The zero-order chi connectivity index (χ0) is 10.5. The van der Waals surface area contributed by atoms with Crippen molar-refractivity contribution in [3.05, 3.63) is 24.1 Å². The first kappa shape index (κ1) is 12.1. The Bertz CT molecular complexity index is 217. The Hall–Kier alpha value is -0.910. The molecule has 0 fully saturated rings. The predicted molar refractivity (Wildman–Crippen MR) is 36.1 cm³/mol. The molecule has 0 N–H and O–H groups in total. The van der Waals surface area contributed by atoms with Crippen LogP contribution in [-0.2, 0) is 4.74 Å². The molecule has 0 heterocycles. The van der Waals surface area contributed by atoms with E-state index in [1.807, 2.05) is 0 Å². The second kappa shape index (κ2) is 4.96. The third-order valence-corrected chi connectivity index (χ3v) is 1.02. The quantitative estimate of drug-likeness (QED) is 0.502. The number of halogens is 5. The molecule has 76 valence electrons. The van der Waals surface area contributed by atoms with Crippen molar-refractivity contribution in [2.24, 2.45) is 0 Å². The van der Waals surface area contributed by atoms with Crippen molar-refractivity contribution < 1.29 is 26.7 Å². The minimum absolute atomic E-state index is 0.635. The molecule has 0 atom stereocenters. The van der Waals surface area contributed by atoms with Crippen molar-refractivity contribution in [1.29, 1.82) is 0 Å². The molecule has 0 aromatic carbocycles. The highest BCUT2D eigenvalue weighted by atomic mass is 19.3. The van der Waals surface area contributed by atoms with Gasteiger partial charge in [0.05, 0.1) is 6.61 Å². The molecular formula is C7H7F5O. The van der Waals surface area contributed by atoms with Crippen LogP contribution in [0.1, 0.15) is 6.92 Å². The van der Waals surface area contributed by atoms with E-state index in [2.05, 4.69) is 4.74 Å². The van der Waals surface area contributed by atoms with Gasteiger partial charge in [0.15, 0.2) is 0 Å². The Morgan fingerprint density at radius 3 is 2.23 bits per heavy atom. The van der Waals surface area contributed by atoms with Crippen LogP contribution < -0.4 is 0 Å². The molecule has 0 aromatic heterocycles. The van der Waals surface area contributed by atoms with Crippen molar-refractivity contribution in [3.8, 4) is 0 Å². The lowest BCUT2D eigenvalue weighted by Crippen LogP contribution is -2.22. The molecule has 0 saturated heterocycles. The average molecular weight is 202 g/mol. The number of allylic oxidation sites excluding steroid dienone is 1. The van der Waals surface area contributed by atoms with E-state index in [-0.39, 0.29) is 0 Å². The van der Waals surface area contributed by atoms with E-state index in [1.54, 1.807) is 0 Å². The molecule has 0 aliphatic carbocycles. The van der Waals surface area contributed by atoms with Gasteiger partial charge in [0.1, 0.15) is 0 Å². The number of ether oxygens (including phenoxy) is 1. The van der Waals surface area contributed by atoms with Gasteiger partial charge in [0, 0.05) is 0 Å². The Kier molecular flexibility index (Phi) is 4.61. The summed E-state index contributed by atoms with van der Waals surface area (Å²) in [6, 6.07) is 0. The fourth-order valence-electron chi connectivity index (χ4n) is 0.422. The van der Waals surface area contributed by atoms with E-state index < -0.39 is 24.6 Å². The average Bonchev–Trinajstić information content (AvgIpc) is 2.03. The Morgan fingerprint density at radius 2 is 1.85 bits per heavy atom. The molecule has 13 heavy (non-hydrogen) atoms. The van der Waals surface area contributed by atoms with Gasteiger partial charge in [-0.15, -0.1) is 0 Å². The van der Waals surface area contributed by atoms with Gasteiger partial charge in [0.25, 0.3) is 5.83 Å². The normalized spacial score (nSPS) is 12.2. The highest BCUT2D eigenvalue weighted by molar-refractivity contribution is 5.00. The number of hydrogen-bond donors (Lipinski definition) is 0. The summed E-state index contributed by atoms with van der Waals surface area (Å²) >= 11 is 0. The molecule has 0 aliphatic heterocycles. The van der Waals surface area contributed by atoms with Gasteiger partial charge in [-0.3, -0.25) is 0 Å². The standard InChI is InChI=1S/C7H7F5O/c1-2-3-4-13-7(11,12)5(8)6(9)10/h2-3H,4H2,1H3. The molecule has 0 amide bonds. The van der Waals surface area contributed by atoms with Crippen molar-refractivity contribution in [2.75, 3.05) is 6.61 Å². The highest BCUT2D eigenvalue weighted by Crippen LogP contribution is 2.30. The molecule has 0 bridgehead atoms. The first-order valence-corrected chi connectivity index (χ1v) is 3.26. The van der Waals surface area contributed by atoms with Gasteiger partial charge < -0.3 is 4.74 Å². The molecule has 0 unspecified atom stereocenters. The molecule has 0 saturated carbocycles. The van der Waals surface area contributed by atoms with Crippen LogP contribution in [0.25, 0.3) is 0 Å². The van der Waals surface area contributed by atoms with Crippen LogP contribution in [0.2, 0.25) is 0 Å². The van der Waals surface area contributed by atoms with Crippen LogP contribution in [0, 0.1) is 0 Å². The monoisotopic (exact) mass is 202 g/mol. The maximum atomic E-state index is 12.2. The molecule has 0 aliphatic rings. The van der Waals surface area contributed by atoms with Crippen LogP contribution in [-0.4, -0.2) is 12.7 Å². The van der Waals surface area contributed by atoms with Gasteiger partial charge in [0.2, 0.25) is 0 Å². The zero-order valence-corrected chi connectivity index (χ0v) is 6.66. The maximum absolute atomic E-state index is 12.2. The predicted octanol–water partition coefficient (Wildman–Crippen LogP) is 3.25. The minimum atomic E-state index is -4.56. The van der Waals surface area contributed by atoms with Crippen molar-refractivity contribution in [1.82, 2.24) is 0 Å². The first-order valence-electron chi connectivity index (χ1n) is 3.26. The summed E-state index contributed by atoms with van der Waals surface area (Å²) in [5.74, 6) is -2.85. The van der Waals surface area contributed by atoms with E-state index >= 15 is 0 Å². The van der Waals surface area contributed by atoms with Gasteiger partial charge in [-0.1, -0.05) is 12.2 Å². The Labute approximate surface area is 71.5 Å². The summed E-state index contributed by atoms with van der Waals surface area (Å²) in [6.45, 7) is 0.883. The summed E-state index contributed by atoms with van der Waals surface area (Å²) in [7, 11) is 0. The highest BCUT2D eigenvalue weighted by Gasteiger charge is 2.40. The maximum Gasteiger partial charge on any atom is 0.415 e.